The van der Waals surface area contributed by atoms with Crippen LogP contribution in [0.25, 0.3) is 0 Å². The topological polar surface area (TPSA) is 0 Å². The number of rotatable bonds is 0. The third-order valence-electron chi connectivity index (χ3n) is 3.20. The van der Waals surface area contributed by atoms with Crippen LogP contribution in [0.3, 0.4) is 0 Å². The molecule has 18 heteroatoms. The van der Waals surface area contributed by atoms with Crippen molar-refractivity contribution >= 4 is 0 Å². The van der Waals surface area contributed by atoms with Gasteiger partial charge in [0.15, 0.2) is 0 Å². The van der Waals surface area contributed by atoms with Crippen molar-refractivity contribution in [1.82, 2.24) is 0 Å². The van der Waals surface area contributed by atoms with Crippen molar-refractivity contribution in [2.24, 2.45) is 0 Å². The highest BCUT2D eigenvalue weighted by Gasteiger charge is 2.63. The van der Waals surface area contributed by atoms with E-state index in [4.69, 9.17) is 0 Å². The summed E-state index contributed by atoms with van der Waals surface area (Å²) in [4.78, 5) is 0. The van der Waals surface area contributed by atoms with Crippen LogP contribution < -0.4 is 0 Å². The molecule has 30 heavy (non-hydrogen) atoms. The quantitative estimate of drug-likeness (QED) is 0.329. The van der Waals surface area contributed by atoms with Crippen LogP contribution in [0.4, 0.5) is 79.0 Å². The van der Waals surface area contributed by atoms with Crippen LogP contribution in [0, 0.1) is 0 Å². The highest BCUT2D eigenvalue weighted by Crippen LogP contribution is 2.58. The van der Waals surface area contributed by atoms with E-state index >= 15 is 0 Å². The van der Waals surface area contributed by atoms with Crippen LogP contribution in [0.2, 0.25) is 0 Å². The van der Waals surface area contributed by atoms with E-state index in [1.807, 2.05) is 0 Å². The standard InChI is InChI=1S/C12F18/c13-7(14,15)1-2(8(16,17)18)4(10(22,23)24)6(12(28,29)30)5(11(25,26)27)3(1)9(19,20)21. The lowest BCUT2D eigenvalue weighted by molar-refractivity contribution is -0.199. The molecule has 0 amide bonds. The van der Waals surface area contributed by atoms with Crippen molar-refractivity contribution in [3.63, 3.8) is 0 Å². The number of benzene rings is 1. The summed E-state index contributed by atoms with van der Waals surface area (Å²) in [5, 5.41) is 0. The van der Waals surface area contributed by atoms with Gasteiger partial charge in [0.1, 0.15) is 0 Å². The van der Waals surface area contributed by atoms with Crippen LogP contribution in [-0.2, 0) is 37.1 Å². The molecule has 174 valence electrons. The predicted octanol–water partition coefficient (Wildman–Crippen LogP) is 7.80. The minimum atomic E-state index is -7.24. The first-order chi connectivity index (χ1) is 12.7. The van der Waals surface area contributed by atoms with Gasteiger partial charge < -0.3 is 0 Å². The van der Waals surface area contributed by atoms with Crippen molar-refractivity contribution in [2.75, 3.05) is 0 Å². The highest BCUT2D eigenvalue weighted by atomic mass is 19.4. The second-order valence-corrected chi connectivity index (χ2v) is 5.24. The fourth-order valence-electron chi connectivity index (χ4n) is 2.45. The highest BCUT2D eigenvalue weighted by molar-refractivity contribution is 5.58. The second kappa shape index (κ2) is 6.73. The van der Waals surface area contributed by atoms with E-state index in [9.17, 15) is 79.0 Å². The number of halogens is 18. The second-order valence-electron chi connectivity index (χ2n) is 5.24. The average molecular weight is 486 g/mol. The summed E-state index contributed by atoms with van der Waals surface area (Å²) in [6.07, 6.45) is -43.4. The van der Waals surface area contributed by atoms with Gasteiger partial charge in [-0.25, -0.2) is 0 Å². The van der Waals surface area contributed by atoms with Crippen LogP contribution in [-0.4, -0.2) is 0 Å². The van der Waals surface area contributed by atoms with Gasteiger partial charge in [-0.05, 0) is 0 Å². The van der Waals surface area contributed by atoms with Gasteiger partial charge >= 0.3 is 37.1 Å². The maximum Gasteiger partial charge on any atom is 0.417 e. The van der Waals surface area contributed by atoms with Gasteiger partial charge in [0, 0.05) is 0 Å². The molecule has 0 unspecified atom stereocenters. The van der Waals surface area contributed by atoms with Crippen molar-refractivity contribution in [1.29, 1.82) is 0 Å². The summed E-state index contributed by atoms with van der Waals surface area (Å²) >= 11 is 0. The van der Waals surface area contributed by atoms with E-state index in [2.05, 4.69) is 0 Å². The lowest BCUT2D eigenvalue weighted by Gasteiger charge is -2.31. The van der Waals surface area contributed by atoms with Gasteiger partial charge in [-0.1, -0.05) is 0 Å². The third kappa shape index (κ3) is 4.81. The molecular weight excluding hydrogens is 486 g/mol. The zero-order valence-corrected chi connectivity index (χ0v) is 12.8. The molecule has 1 rings (SSSR count). The van der Waals surface area contributed by atoms with Gasteiger partial charge in [-0.3, -0.25) is 0 Å². The summed E-state index contributed by atoms with van der Waals surface area (Å²) < 4.78 is 233. The van der Waals surface area contributed by atoms with Crippen LogP contribution in [0.15, 0.2) is 0 Å². The molecule has 0 radical (unpaired) electrons. The zero-order chi connectivity index (χ0) is 24.5. The van der Waals surface area contributed by atoms with E-state index in [1.165, 1.54) is 0 Å². The molecule has 1 aromatic rings. The van der Waals surface area contributed by atoms with Crippen LogP contribution in [0.1, 0.15) is 33.4 Å². The van der Waals surface area contributed by atoms with Gasteiger partial charge in [-0.15, -0.1) is 0 Å². The first-order valence-corrected chi connectivity index (χ1v) is 6.40. The molecule has 0 fully saturated rings. The molecule has 0 nitrogen and oxygen atoms in total. The summed E-state index contributed by atoms with van der Waals surface area (Å²) in [7, 11) is 0. The molecule has 0 saturated heterocycles. The Morgan fingerprint density at radius 3 is 0.300 bits per heavy atom. The Bertz CT molecular complexity index is 605. The van der Waals surface area contributed by atoms with Crippen molar-refractivity contribution in [3.8, 4) is 0 Å². The SMILES string of the molecule is FC(F)(F)c1c(C(F)(F)F)c(C(F)(F)F)c(C(F)(F)F)c(C(F)(F)F)c1C(F)(F)F. The first-order valence-electron chi connectivity index (χ1n) is 6.40. The largest absolute Gasteiger partial charge is 0.417 e. The minimum absolute atomic E-state index is 4.60. The molecule has 0 aliphatic carbocycles. The molecule has 0 N–H and O–H groups in total. The monoisotopic (exact) mass is 486 g/mol. The van der Waals surface area contributed by atoms with Crippen molar-refractivity contribution in [2.45, 2.75) is 37.1 Å². The van der Waals surface area contributed by atoms with Crippen LogP contribution in [0.5, 0.6) is 0 Å². The summed E-state index contributed by atoms with van der Waals surface area (Å²) in [5.74, 6) is 0. The Kier molecular flexibility index (Phi) is 5.83. The third-order valence-corrected chi connectivity index (χ3v) is 3.20. The Labute approximate surface area is 151 Å². The normalized spacial score (nSPS) is 15.0. The minimum Gasteiger partial charge on any atom is -0.166 e. The smallest absolute Gasteiger partial charge is 0.166 e. The molecule has 0 aliphatic rings. The molecule has 0 spiro atoms. The Balaban J connectivity index is 4.87. The Hall–Kier alpha value is -2.04. The summed E-state index contributed by atoms with van der Waals surface area (Å²) in [6, 6.07) is 0. The van der Waals surface area contributed by atoms with Crippen molar-refractivity contribution < 1.29 is 79.0 Å². The summed E-state index contributed by atoms with van der Waals surface area (Å²) in [6.45, 7) is 0. The van der Waals surface area contributed by atoms with E-state index in [0.29, 0.717) is 0 Å². The molecule has 0 saturated carbocycles. The maximum absolute atomic E-state index is 12.9. The van der Waals surface area contributed by atoms with E-state index in [0.717, 1.165) is 0 Å². The molecule has 1 aromatic carbocycles. The van der Waals surface area contributed by atoms with Crippen LogP contribution >= 0.6 is 0 Å². The summed E-state index contributed by atoms with van der Waals surface area (Å²) in [5.41, 5.74) is -27.6. The number of alkyl halides is 18. The molecular formula is C12F18. The van der Waals surface area contributed by atoms with Gasteiger partial charge in [0.2, 0.25) is 0 Å². The molecule has 0 atom stereocenters. The Morgan fingerprint density at radius 2 is 0.267 bits per heavy atom. The molecule has 0 heterocycles. The van der Waals surface area contributed by atoms with E-state index in [1.54, 1.807) is 0 Å². The fourth-order valence-corrected chi connectivity index (χ4v) is 2.45. The van der Waals surface area contributed by atoms with Gasteiger partial charge in [-0.2, -0.15) is 79.0 Å². The van der Waals surface area contributed by atoms with E-state index in [-0.39, 0.29) is 0 Å². The lowest BCUT2D eigenvalue weighted by atomic mass is 9.84. The van der Waals surface area contributed by atoms with Gasteiger partial charge in [0.05, 0.1) is 33.4 Å². The number of hydrogen-bond acceptors (Lipinski definition) is 0. The Morgan fingerprint density at radius 1 is 0.200 bits per heavy atom. The number of hydrogen-bond donors (Lipinski definition) is 0. The lowest BCUT2D eigenvalue weighted by Crippen LogP contribution is -2.35. The molecule has 0 aromatic heterocycles. The molecule has 0 aliphatic heterocycles. The predicted molar refractivity (Wildman–Crippen MR) is 56.5 cm³/mol. The first kappa shape index (κ1) is 26.0. The maximum atomic E-state index is 12.9. The van der Waals surface area contributed by atoms with E-state index < -0.39 is 70.4 Å². The zero-order valence-electron chi connectivity index (χ0n) is 12.8. The van der Waals surface area contributed by atoms with Crippen molar-refractivity contribution in [3.05, 3.63) is 33.4 Å². The average Bonchev–Trinajstić information content (AvgIpc) is 2.37. The van der Waals surface area contributed by atoms with Gasteiger partial charge in [0.25, 0.3) is 0 Å². The molecule has 0 bridgehead atoms. The fraction of sp³-hybridized carbons (Fsp3) is 0.500.